The molecule has 0 spiro atoms. The van der Waals surface area contributed by atoms with E-state index in [4.69, 9.17) is 21.1 Å². The molecular formula is C19H16ClN5O2. The Kier molecular flexibility index (Phi) is 4.52. The van der Waals surface area contributed by atoms with Gasteiger partial charge in [0.2, 0.25) is 0 Å². The van der Waals surface area contributed by atoms with Gasteiger partial charge in [0.25, 0.3) is 0 Å². The standard InChI is InChI=1S/C19H16ClN5O2/c1-26-14-7-8-17(27-2)16(9-14)24-18-15-10-23-25(19(15)22-11-21-18)13-5-3-12(20)4-6-13/h3-11H,1-2H3,(H,21,22,24). The van der Waals surface area contributed by atoms with Gasteiger partial charge in [-0.2, -0.15) is 5.10 Å². The molecule has 8 heteroatoms. The van der Waals surface area contributed by atoms with Gasteiger partial charge in [0, 0.05) is 11.1 Å². The van der Waals surface area contributed by atoms with Crippen molar-refractivity contribution in [1.82, 2.24) is 19.7 Å². The Balaban J connectivity index is 1.77. The fourth-order valence-corrected chi connectivity index (χ4v) is 2.88. The summed E-state index contributed by atoms with van der Waals surface area (Å²) in [5.41, 5.74) is 2.27. The molecule has 0 amide bonds. The van der Waals surface area contributed by atoms with Crippen LogP contribution in [0.2, 0.25) is 5.02 Å². The number of anilines is 2. The van der Waals surface area contributed by atoms with Crippen LogP contribution < -0.4 is 14.8 Å². The van der Waals surface area contributed by atoms with Crippen molar-refractivity contribution < 1.29 is 9.47 Å². The summed E-state index contributed by atoms with van der Waals surface area (Å²) in [4.78, 5) is 8.74. The largest absolute Gasteiger partial charge is 0.497 e. The maximum absolute atomic E-state index is 5.97. The second-order valence-corrected chi connectivity index (χ2v) is 6.12. The molecule has 0 atom stereocenters. The monoisotopic (exact) mass is 381 g/mol. The molecule has 0 bridgehead atoms. The number of nitrogens with one attached hydrogen (secondary N) is 1. The Morgan fingerprint density at radius 3 is 2.56 bits per heavy atom. The van der Waals surface area contributed by atoms with Crippen molar-refractivity contribution in [3.8, 4) is 17.2 Å². The van der Waals surface area contributed by atoms with Gasteiger partial charge in [-0.1, -0.05) is 11.6 Å². The van der Waals surface area contributed by atoms with Crippen LogP contribution in [0.25, 0.3) is 16.7 Å². The Morgan fingerprint density at radius 2 is 1.81 bits per heavy atom. The summed E-state index contributed by atoms with van der Waals surface area (Å²) in [7, 11) is 3.23. The first-order valence-electron chi connectivity index (χ1n) is 8.13. The van der Waals surface area contributed by atoms with E-state index < -0.39 is 0 Å². The average molecular weight is 382 g/mol. The number of fused-ring (bicyclic) bond motifs is 1. The van der Waals surface area contributed by atoms with E-state index in [1.165, 1.54) is 6.33 Å². The fraction of sp³-hybridized carbons (Fsp3) is 0.105. The van der Waals surface area contributed by atoms with Crippen LogP contribution in [-0.4, -0.2) is 34.0 Å². The predicted molar refractivity (Wildman–Crippen MR) is 104 cm³/mol. The van der Waals surface area contributed by atoms with Crippen LogP contribution >= 0.6 is 11.6 Å². The maximum Gasteiger partial charge on any atom is 0.168 e. The second kappa shape index (κ2) is 7.13. The summed E-state index contributed by atoms with van der Waals surface area (Å²) in [6.07, 6.45) is 3.21. The van der Waals surface area contributed by atoms with E-state index in [1.807, 2.05) is 42.5 Å². The predicted octanol–water partition coefficient (Wildman–Crippen LogP) is 4.23. The third-order valence-corrected chi connectivity index (χ3v) is 4.35. The van der Waals surface area contributed by atoms with Gasteiger partial charge >= 0.3 is 0 Å². The van der Waals surface area contributed by atoms with Gasteiger partial charge in [0.05, 0.1) is 37.2 Å². The molecule has 0 aliphatic rings. The third-order valence-electron chi connectivity index (χ3n) is 4.10. The molecule has 0 saturated heterocycles. The number of rotatable bonds is 5. The number of aromatic nitrogens is 4. The van der Waals surface area contributed by atoms with Crippen LogP contribution in [0.15, 0.2) is 55.0 Å². The summed E-state index contributed by atoms with van der Waals surface area (Å²) in [6.45, 7) is 0. The second-order valence-electron chi connectivity index (χ2n) is 5.68. The highest BCUT2D eigenvalue weighted by atomic mass is 35.5. The van der Waals surface area contributed by atoms with Gasteiger partial charge in [-0.15, -0.1) is 0 Å². The number of nitrogens with zero attached hydrogens (tertiary/aromatic N) is 4. The highest BCUT2D eigenvalue weighted by molar-refractivity contribution is 6.30. The number of hydrogen-bond donors (Lipinski definition) is 1. The van der Waals surface area contributed by atoms with Crippen molar-refractivity contribution in [2.45, 2.75) is 0 Å². The topological polar surface area (TPSA) is 74.1 Å². The maximum atomic E-state index is 5.97. The first-order valence-corrected chi connectivity index (χ1v) is 8.51. The lowest BCUT2D eigenvalue weighted by molar-refractivity contribution is 0.405. The van der Waals surface area contributed by atoms with Crippen molar-refractivity contribution in [2.75, 3.05) is 19.5 Å². The number of ether oxygens (including phenoxy) is 2. The number of halogens is 1. The van der Waals surface area contributed by atoms with Crippen LogP contribution in [0.3, 0.4) is 0 Å². The lowest BCUT2D eigenvalue weighted by atomic mass is 10.2. The molecule has 0 radical (unpaired) electrons. The molecule has 4 rings (SSSR count). The molecule has 136 valence electrons. The number of methoxy groups -OCH3 is 2. The molecule has 1 N–H and O–H groups in total. The molecule has 27 heavy (non-hydrogen) atoms. The minimum absolute atomic E-state index is 0.617. The first-order chi connectivity index (χ1) is 13.2. The molecule has 2 aromatic heterocycles. The lowest BCUT2D eigenvalue weighted by Gasteiger charge is -2.12. The third kappa shape index (κ3) is 3.24. The van der Waals surface area contributed by atoms with Gasteiger partial charge < -0.3 is 14.8 Å². The lowest BCUT2D eigenvalue weighted by Crippen LogP contribution is -2.00. The molecule has 0 saturated carbocycles. The molecule has 7 nitrogen and oxygen atoms in total. The zero-order chi connectivity index (χ0) is 18.8. The zero-order valence-electron chi connectivity index (χ0n) is 14.7. The van der Waals surface area contributed by atoms with Crippen molar-refractivity contribution >= 4 is 34.1 Å². The number of hydrogen-bond acceptors (Lipinski definition) is 6. The molecule has 0 unspecified atom stereocenters. The van der Waals surface area contributed by atoms with Crippen LogP contribution in [0.4, 0.5) is 11.5 Å². The molecule has 0 aliphatic carbocycles. The minimum Gasteiger partial charge on any atom is -0.497 e. The summed E-state index contributed by atoms with van der Waals surface area (Å²) in [6, 6.07) is 12.9. The summed E-state index contributed by atoms with van der Waals surface area (Å²) >= 11 is 5.97. The summed E-state index contributed by atoms with van der Waals surface area (Å²) in [5, 5.41) is 9.17. The van der Waals surface area contributed by atoms with Gasteiger partial charge in [-0.3, -0.25) is 0 Å². The highest BCUT2D eigenvalue weighted by Gasteiger charge is 2.13. The Morgan fingerprint density at radius 1 is 1.00 bits per heavy atom. The Labute approximate surface area is 160 Å². The smallest absolute Gasteiger partial charge is 0.168 e. The fourth-order valence-electron chi connectivity index (χ4n) is 2.75. The van der Waals surface area contributed by atoms with E-state index in [-0.39, 0.29) is 0 Å². The van der Waals surface area contributed by atoms with E-state index in [0.29, 0.717) is 28.0 Å². The van der Waals surface area contributed by atoms with Crippen molar-refractivity contribution in [1.29, 1.82) is 0 Å². The van der Waals surface area contributed by atoms with Crippen LogP contribution in [0.5, 0.6) is 11.5 Å². The number of benzene rings is 2. The van der Waals surface area contributed by atoms with Crippen LogP contribution in [0.1, 0.15) is 0 Å². The molecular weight excluding hydrogens is 366 g/mol. The van der Waals surface area contributed by atoms with Crippen LogP contribution in [-0.2, 0) is 0 Å². The van der Waals surface area contributed by atoms with E-state index in [0.717, 1.165) is 16.8 Å². The quantitative estimate of drug-likeness (QED) is 0.557. The Bertz CT molecular complexity index is 1100. The SMILES string of the molecule is COc1ccc(OC)c(Nc2ncnc3c2cnn3-c2ccc(Cl)cc2)c1. The van der Waals surface area contributed by atoms with Crippen molar-refractivity contribution in [3.05, 3.63) is 60.0 Å². The van der Waals surface area contributed by atoms with Gasteiger partial charge in [0.15, 0.2) is 5.65 Å². The Hall–Kier alpha value is -3.32. The molecule has 2 aromatic carbocycles. The van der Waals surface area contributed by atoms with Gasteiger partial charge in [0.1, 0.15) is 23.6 Å². The summed E-state index contributed by atoms with van der Waals surface area (Å²) < 4.78 is 12.5. The van der Waals surface area contributed by atoms with Crippen molar-refractivity contribution in [3.63, 3.8) is 0 Å². The highest BCUT2D eigenvalue weighted by Crippen LogP contribution is 2.33. The van der Waals surface area contributed by atoms with Crippen molar-refractivity contribution in [2.24, 2.45) is 0 Å². The normalized spacial score (nSPS) is 10.8. The molecule has 4 aromatic rings. The summed E-state index contributed by atoms with van der Waals surface area (Å²) in [5.74, 6) is 2.00. The molecule has 2 heterocycles. The zero-order valence-corrected chi connectivity index (χ0v) is 15.4. The first kappa shape index (κ1) is 17.1. The van der Waals surface area contributed by atoms with E-state index in [1.54, 1.807) is 25.1 Å². The minimum atomic E-state index is 0.617. The van der Waals surface area contributed by atoms with Crippen LogP contribution in [0, 0.1) is 0 Å². The molecule has 0 fully saturated rings. The molecule has 0 aliphatic heterocycles. The van der Waals surface area contributed by atoms with E-state index in [9.17, 15) is 0 Å². The van der Waals surface area contributed by atoms with Gasteiger partial charge in [-0.25, -0.2) is 14.6 Å². The van der Waals surface area contributed by atoms with E-state index in [2.05, 4.69) is 20.4 Å². The average Bonchev–Trinajstić information content (AvgIpc) is 3.13. The van der Waals surface area contributed by atoms with E-state index >= 15 is 0 Å². The van der Waals surface area contributed by atoms with Gasteiger partial charge in [-0.05, 0) is 36.4 Å².